The predicted octanol–water partition coefficient (Wildman–Crippen LogP) is 14.7. The molecule has 4 nitrogen and oxygen atoms in total. The summed E-state index contributed by atoms with van der Waals surface area (Å²) >= 11 is 0. The van der Waals surface area contributed by atoms with Gasteiger partial charge in [0.15, 0.2) is 0 Å². The van der Waals surface area contributed by atoms with Gasteiger partial charge in [-0.1, -0.05) is 153 Å². The minimum atomic E-state index is -3.09. The summed E-state index contributed by atoms with van der Waals surface area (Å²) in [5.74, 6) is -0.485. The molecule has 2 aromatic heterocycles. The number of hydrogen-bond donors (Lipinski definition) is 1. The maximum absolute atomic E-state index is 12.6. The molecule has 0 saturated heterocycles. The zero-order chi connectivity index (χ0) is 49.4. The first-order valence-electron chi connectivity index (χ1n) is 24.5. The van der Waals surface area contributed by atoms with Crippen molar-refractivity contribution in [2.45, 2.75) is 85.3 Å². The molecule has 59 heavy (non-hydrogen) atoms. The Morgan fingerprint density at radius 2 is 1.19 bits per heavy atom. The van der Waals surface area contributed by atoms with Crippen molar-refractivity contribution in [2.75, 3.05) is 0 Å². The monoisotopic (exact) mass is 782 g/mol. The highest BCUT2D eigenvalue weighted by atomic mass is 16.3. The Bertz CT molecular complexity index is 3160. The number of pyridine rings is 1. The van der Waals surface area contributed by atoms with Crippen LogP contribution in [0.4, 0.5) is 0 Å². The second-order valence-electron chi connectivity index (χ2n) is 17.7. The summed E-state index contributed by atoms with van der Waals surface area (Å²) in [5, 5.41) is 12.6. The maximum atomic E-state index is 12.6. The lowest BCUT2D eigenvalue weighted by atomic mass is 9.79. The van der Waals surface area contributed by atoms with Crippen LogP contribution in [-0.2, 0) is 16.2 Å². The van der Waals surface area contributed by atoms with Gasteiger partial charge in [-0.05, 0) is 116 Å². The first-order valence-corrected chi connectivity index (χ1v) is 20.0. The molecule has 0 atom stereocenters. The van der Waals surface area contributed by atoms with Crippen molar-refractivity contribution in [1.29, 1.82) is 0 Å². The van der Waals surface area contributed by atoms with E-state index in [2.05, 4.69) is 57.2 Å². The van der Waals surface area contributed by atoms with Gasteiger partial charge in [0.05, 0.1) is 28.0 Å². The number of aryl methyl sites for hydroxylation is 1. The number of aromatic hydroxyl groups is 1. The van der Waals surface area contributed by atoms with Crippen LogP contribution in [0, 0.1) is 6.85 Å². The molecule has 0 saturated carbocycles. The molecule has 2 heterocycles. The van der Waals surface area contributed by atoms with Crippen LogP contribution in [0.1, 0.15) is 96.8 Å². The molecule has 0 fully saturated rings. The van der Waals surface area contributed by atoms with Crippen molar-refractivity contribution in [1.82, 2.24) is 14.5 Å². The quantitative estimate of drug-likeness (QED) is 0.183. The van der Waals surface area contributed by atoms with Gasteiger partial charge in [-0.3, -0.25) is 9.55 Å². The molecular weight excluding hydrogens is 719 g/mol. The van der Waals surface area contributed by atoms with E-state index in [-0.39, 0.29) is 33.6 Å². The molecule has 8 rings (SSSR count). The Hall–Kier alpha value is -6.26. The van der Waals surface area contributed by atoms with E-state index >= 15 is 0 Å². The summed E-state index contributed by atoms with van der Waals surface area (Å²) < 4.78 is 80.2. The lowest BCUT2D eigenvalue weighted by Crippen LogP contribution is -2.17. The molecule has 0 amide bonds. The number of hydrogen-bond acceptors (Lipinski definition) is 3. The van der Waals surface area contributed by atoms with Gasteiger partial charge in [-0.2, -0.15) is 0 Å². The van der Waals surface area contributed by atoms with Gasteiger partial charge in [0.25, 0.3) is 0 Å². The predicted molar refractivity (Wildman–Crippen MR) is 249 cm³/mol. The summed E-state index contributed by atoms with van der Waals surface area (Å²) in [6.07, 6.45) is 1.80. The average molecular weight is 783 g/mol. The first-order chi connectivity index (χ1) is 31.7. The second-order valence-corrected chi connectivity index (χ2v) is 17.7. The number of phenolic OH excluding ortho intramolecular Hbond substituents is 1. The third-order valence-electron chi connectivity index (χ3n) is 11.1. The van der Waals surface area contributed by atoms with Crippen LogP contribution in [0.25, 0.3) is 72.7 Å². The number of aromatic nitrogens is 3. The summed E-state index contributed by atoms with van der Waals surface area (Å²) in [5.41, 5.74) is 5.74. The number of benzene rings is 6. The normalized spacial score (nSPS) is 15.2. The smallest absolute Gasteiger partial charge is 0.149 e. The molecule has 0 spiro atoms. The van der Waals surface area contributed by atoms with E-state index in [1.807, 2.05) is 99.6 Å². The summed E-state index contributed by atoms with van der Waals surface area (Å²) in [4.78, 5) is 10.2. The van der Waals surface area contributed by atoms with Crippen LogP contribution >= 0.6 is 0 Å². The van der Waals surface area contributed by atoms with E-state index < -0.39 is 37.1 Å². The highest BCUT2D eigenvalue weighted by Gasteiger charge is 2.29. The number of phenols is 1. The average Bonchev–Trinajstić information content (AvgIpc) is 3.67. The maximum Gasteiger partial charge on any atom is 0.149 e. The van der Waals surface area contributed by atoms with Gasteiger partial charge >= 0.3 is 0 Å². The summed E-state index contributed by atoms with van der Waals surface area (Å²) in [6.45, 7) is 4.46. The highest BCUT2D eigenvalue weighted by molar-refractivity contribution is 5.97. The van der Waals surface area contributed by atoms with Gasteiger partial charge in [0, 0.05) is 35.2 Å². The van der Waals surface area contributed by atoms with Crippen LogP contribution in [0.5, 0.6) is 5.75 Å². The number of para-hydroxylation sites is 1. The van der Waals surface area contributed by atoms with E-state index in [0.29, 0.717) is 27.7 Å². The SMILES string of the molecule is [2H]C([2H])([2H])c1cc(-c2ccccc2)ccc1-n1c(-c2cc(C(C)(C)C)cc(C(C)(C([2H])([2H])[2H])C([2H])([2H])[2H])c2O)nc2c(-c3cc(-c4cc(-c5ccccc5)ccn4)cc(C(C)(C)C)c3)cccc21. The van der Waals surface area contributed by atoms with E-state index in [1.165, 1.54) is 6.07 Å². The second kappa shape index (κ2) is 14.8. The molecule has 0 bridgehead atoms. The van der Waals surface area contributed by atoms with Crippen LogP contribution < -0.4 is 0 Å². The van der Waals surface area contributed by atoms with Crippen molar-refractivity contribution in [2.24, 2.45) is 0 Å². The number of fused-ring (bicyclic) bond motifs is 1. The van der Waals surface area contributed by atoms with Crippen molar-refractivity contribution in [3.63, 3.8) is 0 Å². The standard InChI is InChI=1S/C55H55N3O/c1-35-28-38(36-18-13-11-14-19-36)24-25-48(35)58-49-23-17-22-44(50(49)57-52(58)45-33-43(54(5,6)7)34-46(51(45)59)55(8,9)10)40-29-41(31-42(30-40)53(2,3)4)47-32-39(26-27-56-47)37-20-15-12-16-21-37/h11-34,59H,1-10H3/i1D3,8D3,9D3. The summed E-state index contributed by atoms with van der Waals surface area (Å²) in [6, 6.07) is 44.0. The van der Waals surface area contributed by atoms with Crippen molar-refractivity contribution < 1.29 is 17.4 Å². The van der Waals surface area contributed by atoms with Crippen LogP contribution in [0.15, 0.2) is 146 Å². The molecule has 0 aliphatic carbocycles. The number of rotatable bonds is 6. The minimum absolute atomic E-state index is 0.00713. The van der Waals surface area contributed by atoms with Gasteiger partial charge in [0.2, 0.25) is 0 Å². The fourth-order valence-corrected chi connectivity index (χ4v) is 7.68. The van der Waals surface area contributed by atoms with E-state index in [9.17, 15) is 5.11 Å². The van der Waals surface area contributed by atoms with E-state index in [1.54, 1.807) is 29.0 Å². The molecule has 0 unspecified atom stereocenters. The van der Waals surface area contributed by atoms with Crippen molar-refractivity contribution in [3.8, 4) is 67.5 Å². The molecule has 1 N–H and O–H groups in total. The molecule has 296 valence electrons. The Morgan fingerprint density at radius 3 is 1.83 bits per heavy atom. The Morgan fingerprint density at radius 1 is 0.542 bits per heavy atom. The third-order valence-corrected chi connectivity index (χ3v) is 11.1. The fraction of sp³-hybridized carbons (Fsp3) is 0.236. The zero-order valence-electron chi connectivity index (χ0n) is 43.6. The summed E-state index contributed by atoms with van der Waals surface area (Å²) in [7, 11) is 0. The molecule has 8 aromatic rings. The van der Waals surface area contributed by atoms with Gasteiger partial charge in [-0.15, -0.1) is 0 Å². The minimum Gasteiger partial charge on any atom is -0.507 e. The first kappa shape index (κ1) is 29.9. The van der Waals surface area contributed by atoms with E-state index in [0.717, 1.165) is 46.0 Å². The lowest BCUT2D eigenvalue weighted by molar-refractivity contribution is 0.446. The molecule has 6 aromatic carbocycles. The van der Waals surface area contributed by atoms with Crippen LogP contribution in [-0.4, -0.2) is 19.6 Å². The molecule has 4 heteroatoms. The molecule has 0 aliphatic heterocycles. The molecule has 0 aliphatic rings. The third kappa shape index (κ3) is 7.72. The molecule has 0 radical (unpaired) electrons. The van der Waals surface area contributed by atoms with Crippen molar-refractivity contribution >= 4 is 11.0 Å². The highest BCUT2D eigenvalue weighted by Crippen LogP contribution is 2.45. The van der Waals surface area contributed by atoms with Gasteiger partial charge in [-0.25, -0.2) is 4.98 Å². The fourth-order valence-electron chi connectivity index (χ4n) is 7.68. The zero-order valence-corrected chi connectivity index (χ0v) is 34.6. The molecular formula is C55H55N3O. The topological polar surface area (TPSA) is 50.9 Å². The Labute approximate surface area is 362 Å². The number of imidazole rings is 1. The van der Waals surface area contributed by atoms with Crippen molar-refractivity contribution in [3.05, 3.63) is 168 Å². The lowest BCUT2D eigenvalue weighted by Gasteiger charge is -2.27. The van der Waals surface area contributed by atoms with Gasteiger partial charge < -0.3 is 5.11 Å². The van der Waals surface area contributed by atoms with E-state index in [4.69, 9.17) is 22.3 Å². The Kier molecular flexibility index (Phi) is 7.52. The van der Waals surface area contributed by atoms with Crippen LogP contribution in [0.3, 0.4) is 0 Å². The number of nitrogens with zero attached hydrogens (tertiary/aromatic N) is 3. The Balaban J connectivity index is 1.49. The van der Waals surface area contributed by atoms with Crippen LogP contribution in [0.2, 0.25) is 0 Å². The largest absolute Gasteiger partial charge is 0.507 e. The van der Waals surface area contributed by atoms with Gasteiger partial charge in [0.1, 0.15) is 11.6 Å².